The molecule has 0 heterocycles. The van der Waals surface area contributed by atoms with Gasteiger partial charge in [0.25, 0.3) is 0 Å². The third-order valence-electron chi connectivity index (χ3n) is 2.14. The smallest absolute Gasteiger partial charge is 0.337 e. The third-order valence-corrected chi connectivity index (χ3v) is 2.70. The lowest BCUT2D eigenvalue weighted by molar-refractivity contribution is 0.0600. The predicted octanol–water partition coefficient (Wildman–Crippen LogP) is 2.38. The molecular formula is C11H14BrNO2. The molecule has 15 heavy (non-hydrogen) atoms. The number of nitrogen functional groups attached to an aromatic ring is 1. The summed E-state index contributed by atoms with van der Waals surface area (Å²) < 4.78 is 4.65. The van der Waals surface area contributed by atoms with Gasteiger partial charge in [0, 0.05) is 11.0 Å². The molecule has 0 aliphatic rings. The lowest BCUT2D eigenvalue weighted by atomic mass is 10.0. The summed E-state index contributed by atoms with van der Waals surface area (Å²) in [6.07, 6.45) is 1.86. The summed E-state index contributed by atoms with van der Waals surface area (Å²) in [6, 6.07) is 5.22. The largest absolute Gasteiger partial charge is 0.465 e. The summed E-state index contributed by atoms with van der Waals surface area (Å²) in [5.41, 5.74) is 8.08. The minimum atomic E-state index is -0.324. The molecule has 2 N–H and O–H groups in total. The quantitative estimate of drug-likeness (QED) is 0.520. The van der Waals surface area contributed by atoms with Crippen molar-refractivity contribution in [2.75, 3.05) is 18.2 Å². The molecule has 0 spiro atoms. The number of nitrogens with two attached hydrogens (primary N) is 1. The highest BCUT2D eigenvalue weighted by Crippen LogP contribution is 2.17. The Balaban J connectivity index is 2.89. The number of carbonyl (C=O) groups excluding carboxylic acids is 1. The van der Waals surface area contributed by atoms with E-state index in [0.717, 1.165) is 29.4 Å². The summed E-state index contributed by atoms with van der Waals surface area (Å²) in [6.45, 7) is 0. The number of anilines is 1. The molecule has 0 aliphatic carbocycles. The van der Waals surface area contributed by atoms with E-state index >= 15 is 0 Å². The van der Waals surface area contributed by atoms with Gasteiger partial charge in [0.1, 0.15) is 0 Å². The number of hydrogen-bond donors (Lipinski definition) is 1. The van der Waals surface area contributed by atoms with Gasteiger partial charge < -0.3 is 10.5 Å². The molecule has 0 saturated carbocycles. The Bertz CT molecular complexity index is 352. The second-order valence-corrected chi connectivity index (χ2v) is 3.99. The summed E-state index contributed by atoms with van der Waals surface area (Å²) in [5.74, 6) is -0.324. The Labute approximate surface area is 97.7 Å². The average Bonchev–Trinajstić information content (AvgIpc) is 2.27. The monoisotopic (exact) mass is 271 g/mol. The minimum Gasteiger partial charge on any atom is -0.465 e. The highest BCUT2D eigenvalue weighted by molar-refractivity contribution is 9.09. The van der Waals surface area contributed by atoms with Crippen LogP contribution in [0.4, 0.5) is 5.69 Å². The van der Waals surface area contributed by atoms with Crippen LogP contribution in [0.3, 0.4) is 0 Å². The van der Waals surface area contributed by atoms with Crippen LogP contribution in [0.2, 0.25) is 0 Å². The van der Waals surface area contributed by atoms with Gasteiger partial charge in [-0.3, -0.25) is 0 Å². The number of benzene rings is 1. The van der Waals surface area contributed by atoms with Crippen LogP contribution in [0, 0.1) is 0 Å². The third kappa shape index (κ3) is 3.23. The lowest BCUT2D eigenvalue weighted by Crippen LogP contribution is -2.04. The zero-order valence-electron chi connectivity index (χ0n) is 8.63. The van der Waals surface area contributed by atoms with Crippen LogP contribution in [0.5, 0.6) is 0 Å². The number of methoxy groups -OCH3 is 1. The van der Waals surface area contributed by atoms with Crippen molar-refractivity contribution in [1.82, 2.24) is 0 Å². The Hall–Kier alpha value is -1.03. The summed E-state index contributed by atoms with van der Waals surface area (Å²) in [7, 11) is 1.37. The Morgan fingerprint density at radius 1 is 1.53 bits per heavy atom. The molecular weight excluding hydrogens is 258 g/mol. The first-order valence-corrected chi connectivity index (χ1v) is 5.84. The number of rotatable bonds is 4. The average molecular weight is 272 g/mol. The number of ether oxygens (including phenoxy) is 1. The minimum absolute atomic E-state index is 0.324. The van der Waals surface area contributed by atoms with E-state index in [1.807, 2.05) is 0 Å². The maximum atomic E-state index is 11.3. The van der Waals surface area contributed by atoms with Gasteiger partial charge in [-0.1, -0.05) is 15.9 Å². The van der Waals surface area contributed by atoms with Crippen LogP contribution in [0.15, 0.2) is 18.2 Å². The first kappa shape index (κ1) is 12.0. The van der Waals surface area contributed by atoms with Crippen molar-refractivity contribution in [3.8, 4) is 0 Å². The number of halogens is 1. The second-order valence-electron chi connectivity index (χ2n) is 3.20. The molecule has 3 nitrogen and oxygen atoms in total. The van der Waals surface area contributed by atoms with Crippen LogP contribution in [0.1, 0.15) is 22.3 Å². The van der Waals surface area contributed by atoms with Crippen molar-refractivity contribution < 1.29 is 9.53 Å². The van der Waals surface area contributed by atoms with Crippen molar-refractivity contribution in [1.29, 1.82) is 0 Å². The van der Waals surface area contributed by atoms with Crippen molar-refractivity contribution in [2.45, 2.75) is 12.8 Å². The van der Waals surface area contributed by atoms with E-state index in [1.165, 1.54) is 7.11 Å². The molecule has 0 aromatic heterocycles. The van der Waals surface area contributed by atoms with E-state index in [-0.39, 0.29) is 5.97 Å². The van der Waals surface area contributed by atoms with Gasteiger partial charge in [-0.15, -0.1) is 0 Å². The Morgan fingerprint density at radius 2 is 2.27 bits per heavy atom. The van der Waals surface area contributed by atoms with Crippen LogP contribution >= 0.6 is 15.9 Å². The molecule has 0 saturated heterocycles. The van der Waals surface area contributed by atoms with Gasteiger partial charge in [0.15, 0.2) is 0 Å². The molecule has 0 unspecified atom stereocenters. The van der Waals surface area contributed by atoms with E-state index in [2.05, 4.69) is 20.7 Å². The summed E-state index contributed by atoms with van der Waals surface area (Å²) in [5, 5.41) is 0.925. The zero-order valence-corrected chi connectivity index (χ0v) is 10.2. The Morgan fingerprint density at radius 3 is 2.87 bits per heavy atom. The zero-order chi connectivity index (χ0) is 11.3. The highest BCUT2D eigenvalue weighted by atomic mass is 79.9. The molecule has 4 heteroatoms. The molecule has 82 valence electrons. The number of hydrogen-bond acceptors (Lipinski definition) is 3. The molecule has 0 radical (unpaired) electrons. The SMILES string of the molecule is COC(=O)c1ccc(N)c(CCCBr)c1. The summed E-state index contributed by atoms with van der Waals surface area (Å²) in [4.78, 5) is 11.3. The van der Waals surface area contributed by atoms with Gasteiger partial charge >= 0.3 is 5.97 Å². The fourth-order valence-corrected chi connectivity index (χ4v) is 1.60. The highest BCUT2D eigenvalue weighted by Gasteiger charge is 2.07. The van der Waals surface area contributed by atoms with Gasteiger partial charge in [0.2, 0.25) is 0 Å². The molecule has 1 aromatic carbocycles. The fraction of sp³-hybridized carbons (Fsp3) is 0.364. The van der Waals surface area contributed by atoms with Crippen LogP contribution in [0.25, 0.3) is 0 Å². The van der Waals surface area contributed by atoms with Crippen molar-refractivity contribution in [3.05, 3.63) is 29.3 Å². The lowest BCUT2D eigenvalue weighted by Gasteiger charge is -2.06. The van der Waals surface area contributed by atoms with Crippen molar-refractivity contribution in [3.63, 3.8) is 0 Å². The second kappa shape index (κ2) is 5.75. The molecule has 0 aliphatic heterocycles. The number of alkyl halides is 1. The van der Waals surface area contributed by atoms with Gasteiger partial charge in [-0.05, 0) is 36.6 Å². The van der Waals surface area contributed by atoms with Crippen LogP contribution in [-0.2, 0) is 11.2 Å². The van der Waals surface area contributed by atoms with E-state index in [4.69, 9.17) is 5.73 Å². The normalized spacial score (nSPS) is 10.0. The fourth-order valence-electron chi connectivity index (χ4n) is 1.32. The maximum absolute atomic E-state index is 11.3. The number of aryl methyl sites for hydroxylation is 1. The van der Waals surface area contributed by atoms with Crippen LogP contribution < -0.4 is 5.73 Å². The van der Waals surface area contributed by atoms with E-state index in [1.54, 1.807) is 18.2 Å². The predicted molar refractivity (Wildman–Crippen MR) is 64.3 cm³/mol. The Kier molecular flexibility index (Phi) is 4.62. The molecule has 0 bridgehead atoms. The molecule has 0 amide bonds. The van der Waals surface area contributed by atoms with E-state index < -0.39 is 0 Å². The number of esters is 1. The first-order valence-electron chi connectivity index (χ1n) is 4.71. The van der Waals surface area contributed by atoms with E-state index in [0.29, 0.717) is 5.56 Å². The topological polar surface area (TPSA) is 52.3 Å². The van der Waals surface area contributed by atoms with Crippen molar-refractivity contribution in [2.24, 2.45) is 0 Å². The van der Waals surface area contributed by atoms with Gasteiger partial charge in [-0.2, -0.15) is 0 Å². The van der Waals surface area contributed by atoms with Gasteiger partial charge in [0.05, 0.1) is 12.7 Å². The summed E-state index contributed by atoms with van der Waals surface area (Å²) >= 11 is 3.36. The molecule has 0 atom stereocenters. The maximum Gasteiger partial charge on any atom is 0.337 e. The standard InChI is InChI=1S/C11H14BrNO2/c1-15-11(14)9-4-5-10(13)8(7-9)3-2-6-12/h4-5,7H,2-3,6,13H2,1H3. The van der Waals surface area contributed by atoms with Crippen molar-refractivity contribution >= 4 is 27.6 Å². The molecule has 0 fully saturated rings. The van der Waals surface area contributed by atoms with E-state index in [9.17, 15) is 4.79 Å². The van der Waals surface area contributed by atoms with Gasteiger partial charge in [-0.25, -0.2) is 4.79 Å². The molecule has 1 aromatic rings. The molecule has 1 rings (SSSR count). The van der Waals surface area contributed by atoms with Crippen LogP contribution in [-0.4, -0.2) is 18.4 Å². The number of carbonyl (C=O) groups is 1. The first-order chi connectivity index (χ1) is 7.19.